The summed E-state index contributed by atoms with van der Waals surface area (Å²) >= 11 is 0. The van der Waals surface area contributed by atoms with Crippen molar-refractivity contribution in [2.24, 2.45) is 0 Å². The van der Waals surface area contributed by atoms with Gasteiger partial charge in [0, 0.05) is 6.54 Å². The molecule has 0 bridgehead atoms. The van der Waals surface area contributed by atoms with Crippen LogP contribution in [0.25, 0.3) is 0 Å². The maximum atomic E-state index is 12.3. The van der Waals surface area contributed by atoms with Crippen molar-refractivity contribution in [3.05, 3.63) is 47.0 Å². The fourth-order valence-electron chi connectivity index (χ4n) is 3.42. The summed E-state index contributed by atoms with van der Waals surface area (Å²) in [6.45, 7) is 7.19. The second kappa shape index (κ2) is 8.52. The van der Waals surface area contributed by atoms with Crippen LogP contribution < -0.4 is 5.32 Å². The lowest BCUT2D eigenvalue weighted by atomic mass is 10.0. The van der Waals surface area contributed by atoms with Crippen LogP contribution in [-0.4, -0.2) is 55.8 Å². The van der Waals surface area contributed by atoms with E-state index in [9.17, 15) is 14.7 Å². The van der Waals surface area contributed by atoms with Crippen molar-refractivity contribution in [1.29, 1.82) is 0 Å². The fourth-order valence-corrected chi connectivity index (χ4v) is 3.42. The maximum Gasteiger partial charge on any atom is 0.322 e. The summed E-state index contributed by atoms with van der Waals surface area (Å²) < 4.78 is 1.80. The van der Waals surface area contributed by atoms with Gasteiger partial charge in [-0.3, -0.25) is 14.5 Å². The Balaban J connectivity index is 1.52. The first-order valence-electron chi connectivity index (χ1n) is 9.56. The molecule has 0 fully saturated rings. The smallest absolute Gasteiger partial charge is 0.322 e. The van der Waals surface area contributed by atoms with Crippen LogP contribution >= 0.6 is 0 Å². The molecule has 8 heteroatoms. The highest BCUT2D eigenvalue weighted by atomic mass is 16.4. The third-order valence-electron chi connectivity index (χ3n) is 5.17. The van der Waals surface area contributed by atoms with Crippen LogP contribution in [0.2, 0.25) is 0 Å². The first-order chi connectivity index (χ1) is 13.3. The van der Waals surface area contributed by atoms with Gasteiger partial charge in [-0.15, -0.1) is 10.2 Å². The summed E-state index contributed by atoms with van der Waals surface area (Å²) in [4.78, 5) is 25.6. The highest BCUT2D eigenvalue weighted by Gasteiger charge is 2.34. The molecule has 1 amide bonds. The van der Waals surface area contributed by atoms with Gasteiger partial charge in [-0.1, -0.05) is 38.1 Å². The van der Waals surface area contributed by atoms with E-state index in [0.29, 0.717) is 30.7 Å². The summed E-state index contributed by atoms with van der Waals surface area (Å²) in [5, 5.41) is 20.5. The molecule has 1 aliphatic rings. The minimum atomic E-state index is -0.947. The number of aryl methyl sites for hydroxylation is 1. The first-order valence-corrected chi connectivity index (χ1v) is 9.56. The number of carboxylic acids is 1. The van der Waals surface area contributed by atoms with E-state index in [-0.39, 0.29) is 19.0 Å². The van der Waals surface area contributed by atoms with E-state index < -0.39 is 12.0 Å². The van der Waals surface area contributed by atoms with Crippen LogP contribution in [0.5, 0.6) is 0 Å². The second-order valence-corrected chi connectivity index (χ2v) is 7.53. The van der Waals surface area contributed by atoms with Gasteiger partial charge in [0.2, 0.25) is 5.91 Å². The average molecular weight is 385 g/mol. The third kappa shape index (κ3) is 4.56. The Morgan fingerprint density at radius 1 is 1.25 bits per heavy atom. The summed E-state index contributed by atoms with van der Waals surface area (Å²) in [7, 11) is 0. The van der Waals surface area contributed by atoms with E-state index in [4.69, 9.17) is 0 Å². The van der Waals surface area contributed by atoms with Gasteiger partial charge < -0.3 is 15.0 Å². The number of carbonyl (C=O) groups excluding carboxylic acids is 1. The summed E-state index contributed by atoms with van der Waals surface area (Å²) in [5.74, 6) is 0.739. The molecule has 2 heterocycles. The summed E-state index contributed by atoms with van der Waals surface area (Å²) in [6, 6.07) is 7.64. The number of hydrogen-bond acceptors (Lipinski definition) is 5. The van der Waals surface area contributed by atoms with E-state index in [1.165, 1.54) is 5.56 Å². The number of nitrogens with zero attached hydrogens (tertiary/aromatic N) is 4. The highest BCUT2D eigenvalue weighted by molar-refractivity contribution is 5.80. The number of fused-ring (bicyclic) bond motifs is 1. The van der Waals surface area contributed by atoms with Crippen LogP contribution in [0, 0.1) is 6.92 Å². The molecule has 3 rings (SSSR count). The maximum absolute atomic E-state index is 12.3. The zero-order chi connectivity index (χ0) is 20.3. The molecule has 150 valence electrons. The van der Waals surface area contributed by atoms with Gasteiger partial charge in [-0.05, 0) is 30.4 Å². The Labute approximate surface area is 164 Å². The Hall–Kier alpha value is -2.74. The molecule has 1 aliphatic heterocycles. The number of amides is 1. The number of carboxylic acid groups (broad SMARTS) is 1. The molecule has 1 atom stereocenters. The SMILES string of the molecule is Cc1nnc2n1CC(C(=O)O)N(CC(=O)NCCc1ccc(C(C)C)cc1)C2. The van der Waals surface area contributed by atoms with Crippen LogP contribution in [0.15, 0.2) is 24.3 Å². The Morgan fingerprint density at radius 2 is 1.96 bits per heavy atom. The standard InChI is InChI=1S/C20H27N5O3/c1-13(2)16-6-4-15(5-7-16)8-9-21-19(26)12-24-11-18-23-22-14(3)25(18)10-17(24)20(27)28/h4-7,13,17H,8-12H2,1-3H3,(H,21,26)(H,27,28). The minimum absolute atomic E-state index is 0.0230. The molecule has 0 spiro atoms. The zero-order valence-corrected chi connectivity index (χ0v) is 16.6. The van der Waals surface area contributed by atoms with E-state index in [2.05, 4.69) is 53.6 Å². The van der Waals surface area contributed by atoms with Crippen LogP contribution in [0.1, 0.15) is 42.5 Å². The van der Waals surface area contributed by atoms with E-state index >= 15 is 0 Å². The minimum Gasteiger partial charge on any atom is -0.480 e. The number of rotatable bonds is 7. The fraction of sp³-hybridized carbons (Fsp3) is 0.500. The van der Waals surface area contributed by atoms with Crippen LogP contribution in [-0.2, 0) is 29.1 Å². The van der Waals surface area contributed by atoms with Crippen molar-refractivity contribution < 1.29 is 14.7 Å². The lowest BCUT2D eigenvalue weighted by Crippen LogP contribution is -2.51. The number of aliphatic carboxylic acids is 1. The highest BCUT2D eigenvalue weighted by Crippen LogP contribution is 2.18. The monoisotopic (exact) mass is 385 g/mol. The summed E-state index contributed by atoms with van der Waals surface area (Å²) in [5.41, 5.74) is 2.45. The Kier molecular flexibility index (Phi) is 6.08. The number of nitrogens with one attached hydrogen (secondary N) is 1. The Morgan fingerprint density at radius 3 is 2.61 bits per heavy atom. The van der Waals surface area contributed by atoms with Gasteiger partial charge in [-0.25, -0.2) is 0 Å². The second-order valence-electron chi connectivity index (χ2n) is 7.53. The van der Waals surface area contributed by atoms with Crippen molar-refractivity contribution in [3.63, 3.8) is 0 Å². The molecule has 28 heavy (non-hydrogen) atoms. The average Bonchev–Trinajstić information content (AvgIpc) is 3.01. The quantitative estimate of drug-likeness (QED) is 0.746. The van der Waals surface area contributed by atoms with Gasteiger partial charge in [0.05, 0.1) is 19.6 Å². The van der Waals surface area contributed by atoms with E-state index in [1.54, 1.807) is 16.4 Å². The van der Waals surface area contributed by atoms with E-state index in [0.717, 1.165) is 12.0 Å². The predicted octanol–water partition coefficient (Wildman–Crippen LogP) is 1.34. The van der Waals surface area contributed by atoms with E-state index in [1.807, 2.05) is 0 Å². The normalized spacial score (nSPS) is 16.8. The number of aromatic nitrogens is 3. The molecular formula is C20H27N5O3. The molecule has 1 unspecified atom stereocenters. The first kappa shape index (κ1) is 20.0. The van der Waals surface area contributed by atoms with Gasteiger partial charge >= 0.3 is 5.97 Å². The molecule has 2 aromatic rings. The van der Waals surface area contributed by atoms with Crippen molar-refractivity contribution in [3.8, 4) is 0 Å². The van der Waals surface area contributed by atoms with Gasteiger partial charge in [-0.2, -0.15) is 0 Å². The van der Waals surface area contributed by atoms with Gasteiger partial charge in [0.15, 0.2) is 0 Å². The topological polar surface area (TPSA) is 100 Å². The van der Waals surface area contributed by atoms with Gasteiger partial charge in [0.25, 0.3) is 0 Å². The molecule has 0 saturated carbocycles. The largest absolute Gasteiger partial charge is 0.480 e. The van der Waals surface area contributed by atoms with Crippen molar-refractivity contribution in [1.82, 2.24) is 25.0 Å². The molecule has 8 nitrogen and oxygen atoms in total. The Bertz CT molecular complexity index is 844. The molecule has 0 radical (unpaired) electrons. The predicted molar refractivity (Wildman–Crippen MR) is 104 cm³/mol. The molecular weight excluding hydrogens is 358 g/mol. The third-order valence-corrected chi connectivity index (χ3v) is 5.17. The number of hydrogen-bond donors (Lipinski definition) is 2. The van der Waals surface area contributed by atoms with Crippen LogP contribution in [0.4, 0.5) is 0 Å². The van der Waals surface area contributed by atoms with Crippen LogP contribution in [0.3, 0.4) is 0 Å². The molecule has 1 aromatic heterocycles. The molecule has 1 aromatic carbocycles. The molecule has 0 aliphatic carbocycles. The molecule has 0 saturated heterocycles. The zero-order valence-electron chi connectivity index (χ0n) is 16.6. The van der Waals surface area contributed by atoms with Crippen molar-refractivity contribution in [2.45, 2.75) is 52.2 Å². The lowest BCUT2D eigenvalue weighted by molar-refractivity contribution is -0.145. The van der Waals surface area contributed by atoms with Crippen molar-refractivity contribution in [2.75, 3.05) is 13.1 Å². The number of benzene rings is 1. The molecule has 2 N–H and O–H groups in total. The summed E-state index contributed by atoms with van der Waals surface area (Å²) in [6.07, 6.45) is 0.736. The van der Waals surface area contributed by atoms with Crippen molar-refractivity contribution >= 4 is 11.9 Å². The lowest BCUT2D eigenvalue weighted by Gasteiger charge is -2.32. The van der Waals surface area contributed by atoms with Gasteiger partial charge in [0.1, 0.15) is 17.7 Å². The number of carbonyl (C=O) groups is 2.